The molecule has 1 saturated heterocycles. The smallest absolute Gasteiger partial charge is 0.324 e. The Kier molecular flexibility index (Phi) is 7.98. The number of hydrogen-bond donors (Lipinski definition) is 0. The van der Waals surface area contributed by atoms with Crippen molar-refractivity contribution in [2.24, 2.45) is 5.41 Å². The van der Waals surface area contributed by atoms with Crippen LogP contribution in [0.1, 0.15) is 50.5 Å². The lowest BCUT2D eigenvalue weighted by Crippen LogP contribution is -2.53. The second kappa shape index (κ2) is 11.3. The number of likely N-dealkylation sites (tertiary alicyclic amines) is 1. The second-order valence-electron chi connectivity index (χ2n) is 11.2. The molecule has 0 bridgehead atoms. The molecule has 5 rings (SSSR count). The maximum Gasteiger partial charge on any atom is 0.324 e. The Morgan fingerprint density at radius 3 is 2.44 bits per heavy atom. The number of para-hydroxylation sites is 1. The van der Waals surface area contributed by atoms with E-state index >= 15 is 0 Å². The summed E-state index contributed by atoms with van der Waals surface area (Å²) in [6.07, 6.45) is -0.0390. The molecule has 0 N–H and O–H groups in total. The summed E-state index contributed by atoms with van der Waals surface area (Å²) in [6, 6.07) is 8.61. The molecule has 2 aliphatic heterocycles. The van der Waals surface area contributed by atoms with Crippen molar-refractivity contribution in [2.45, 2.75) is 63.3 Å². The van der Waals surface area contributed by atoms with Crippen LogP contribution in [0.3, 0.4) is 0 Å². The monoisotopic (exact) mass is 575 g/mol. The molecular formula is C30H33F4N3O4. The number of alkyl halides is 2. The Balaban J connectivity index is 1.36. The van der Waals surface area contributed by atoms with Gasteiger partial charge < -0.3 is 14.5 Å². The third kappa shape index (κ3) is 5.76. The van der Waals surface area contributed by atoms with Crippen LogP contribution in [0.2, 0.25) is 0 Å². The number of methoxy groups -OCH3 is 1. The van der Waals surface area contributed by atoms with Crippen molar-refractivity contribution in [1.82, 2.24) is 4.90 Å². The number of hydrogen-bond acceptors (Lipinski definition) is 4. The van der Waals surface area contributed by atoms with E-state index in [4.69, 9.17) is 4.74 Å². The maximum absolute atomic E-state index is 14.9. The highest BCUT2D eigenvalue weighted by Gasteiger charge is 2.48. The highest BCUT2D eigenvalue weighted by molar-refractivity contribution is 5.98. The largest absolute Gasteiger partial charge is 0.469 e. The zero-order valence-electron chi connectivity index (χ0n) is 22.9. The summed E-state index contributed by atoms with van der Waals surface area (Å²) < 4.78 is 62.7. The van der Waals surface area contributed by atoms with E-state index in [2.05, 4.69) is 0 Å². The number of carbonyl (C=O) groups excluding carboxylic acids is 3. The number of nitrogens with zero attached hydrogens (tertiary/aromatic N) is 3. The summed E-state index contributed by atoms with van der Waals surface area (Å²) in [6.45, 7) is 0.658. The zero-order chi connectivity index (χ0) is 29.4. The van der Waals surface area contributed by atoms with Gasteiger partial charge in [0.15, 0.2) is 0 Å². The highest BCUT2D eigenvalue weighted by Crippen LogP contribution is 2.42. The van der Waals surface area contributed by atoms with Crippen molar-refractivity contribution in [3.63, 3.8) is 0 Å². The van der Waals surface area contributed by atoms with Crippen molar-refractivity contribution in [3.05, 3.63) is 59.7 Å². The Hall–Kier alpha value is -3.63. The molecular weight excluding hydrogens is 542 g/mol. The van der Waals surface area contributed by atoms with E-state index in [0.29, 0.717) is 18.7 Å². The van der Waals surface area contributed by atoms with Crippen LogP contribution in [-0.2, 0) is 20.7 Å². The predicted octanol–water partition coefficient (Wildman–Crippen LogP) is 5.70. The van der Waals surface area contributed by atoms with Gasteiger partial charge in [-0.3, -0.25) is 14.5 Å². The Morgan fingerprint density at radius 1 is 1.02 bits per heavy atom. The van der Waals surface area contributed by atoms with Crippen LogP contribution in [0, 0.1) is 17.0 Å². The number of esters is 1. The van der Waals surface area contributed by atoms with E-state index in [-0.39, 0.29) is 63.3 Å². The van der Waals surface area contributed by atoms with Crippen molar-refractivity contribution in [3.8, 4) is 0 Å². The van der Waals surface area contributed by atoms with Gasteiger partial charge in [-0.15, -0.1) is 0 Å². The number of halogens is 4. The number of piperidine rings is 1. The van der Waals surface area contributed by atoms with Crippen LogP contribution in [0.15, 0.2) is 42.5 Å². The van der Waals surface area contributed by atoms with Crippen LogP contribution < -0.4 is 9.80 Å². The van der Waals surface area contributed by atoms with Crippen molar-refractivity contribution in [1.29, 1.82) is 0 Å². The first kappa shape index (κ1) is 28.9. The molecule has 3 amide bonds. The Morgan fingerprint density at radius 2 is 1.76 bits per heavy atom. The first-order chi connectivity index (χ1) is 19.5. The molecule has 41 heavy (non-hydrogen) atoms. The molecule has 2 heterocycles. The first-order valence-corrected chi connectivity index (χ1v) is 13.9. The molecule has 2 fully saturated rings. The minimum Gasteiger partial charge on any atom is -0.469 e. The molecule has 2 aromatic carbocycles. The summed E-state index contributed by atoms with van der Waals surface area (Å²) >= 11 is 0. The zero-order valence-corrected chi connectivity index (χ0v) is 22.9. The molecule has 3 aliphatic rings. The SMILES string of the molecule is COC(=O)C1(CC(=O)N(c2ccccc2F)C2CCCC(F)(F)C2)CCN(C(=O)N2CCc3ccc(F)cc32)CC1. The fraction of sp³-hybridized carbons (Fsp3) is 0.500. The summed E-state index contributed by atoms with van der Waals surface area (Å²) in [5.41, 5.74) is -0.0430. The average Bonchev–Trinajstić information content (AvgIpc) is 3.36. The predicted molar refractivity (Wildman–Crippen MR) is 144 cm³/mol. The number of rotatable bonds is 5. The molecule has 0 radical (unpaired) electrons. The molecule has 1 aliphatic carbocycles. The second-order valence-corrected chi connectivity index (χ2v) is 11.2. The van der Waals surface area contributed by atoms with Gasteiger partial charge in [0.1, 0.15) is 11.6 Å². The van der Waals surface area contributed by atoms with Crippen LogP contribution in [0.25, 0.3) is 0 Å². The fourth-order valence-corrected chi connectivity index (χ4v) is 6.44. The number of amides is 3. The van der Waals surface area contributed by atoms with E-state index in [1.54, 1.807) is 11.0 Å². The normalized spacial score (nSPS) is 21.2. The molecule has 1 atom stereocenters. The fourth-order valence-electron chi connectivity index (χ4n) is 6.44. The number of anilines is 2. The summed E-state index contributed by atoms with van der Waals surface area (Å²) in [5, 5.41) is 0. The summed E-state index contributed by atoms with van der Waals surface area (Å²) in [7, 11) is 1.21. The van der Waals surface area contributed by atoms with Crippen LogP contribution in [0.4, 0.5) is 33.7 Å². The number of carbonyl (C=O) groups is 3. The third-order valence-corrected chi connectivity index (χ3v) is 8.63. The van der Waals surface area contributed by atoms with Crippen LogP contribution in [-0.4, -0.2) is 61.5 Å². The van der Waals surface area contributed by atoms with E-state index in [1.807, 2.05) is 0 Å². The van der Waals surface area contributed by atoms with E-state index < -0.39 is 47.3 Å². The molecule has 1 saturated carbocycles. The Bertz CT molecular complexity index is 1330. The van der Waals surface area contributed by atoms with Gasteiger partial charge >= 0.3 is 12.0 Å². The van der Waals surface area contributed by atoms with Gasteiger partial charge in [-0.2, -0.15) is 0 Å². The van der Waals surface area contributed by atoms with Gasteiger partial charge in [0, 0.05) is 44.9 Å². The van der Waals surface area contributed by atoms with Gasteiger partial charge in [-0.25, -0.2) is 22.4 Å². The van der Waals surface area contributed by atoms with E-state index in [0.717, 1.165) is 10.5 Å². The summed E-state index contributed by atoms with van der Waals surface area (Å²) in [4.78, 5) is 44.5. The molecule has 0 aromatic heterocycles. The lowest BCUT2D eigenvalue weighted by Gasteiger charge is -2.43. The van der Waals surface area contributed by atoms with Crippen LogP contribution in [0.5, 0.6) is 0 Å². The van der Waals surface area contributed by atoms with Gasteiger partial charge in [0.05, 0.1) is 23.9 Å². The van der Waals surface area contributed by atoms with Gasteiger partial charge in [0.2, 0.25) is 11.8 Å². The van der Waals surface area contributed by atoms with E-state index in [1.165, 1.54) is 48.4 Å². The first-order valence-electron chi connectivity index (χ1n) is 13.9. The third-order valence-electron chi connectivity index (χ3n) is 8.63. The topological polar surface area (TPSA) is 70.2 Å². The van der Waals surface area contributed by atoms with E-state index in [9.17, 15) is 31.9 Å². The quantitative estimate of drug-likeness (QED) is 0.339. The molecule has 7 nitrogen and oxygen atoms in total. The number of fused-ring (bicyclic) bond motifs is 1. The van der Waals surface area contributed by atoms with Crippen molar-refractivity contribution < 1.29 is 36.7 Å². The van der Waals surface area contributed by atoms with Gasteiger partial charge in [-0.05, 0) is 61.9 Å². The van der Waals surface area contributed by atoms with Gasteiger partial charge in [0.25, 0.3) is 0 Å². The Labute approximate surface area is 236 Å². The molecule has 1 unspecified atom stereocenters. The standard InChI is InChI=1S/C30H33F4N3O4/c1-41-27(39)29(12-15-35(16-13-29)28(40)36-14-10-20-8-9-21(31)17-25(20)36)19-26(38)37(24-7-3-2-6-23(24)32)22-5-4-11-30(33,34)18-22/h2-3,6-9,17,22H,4-5,10-16,18-19H2,1H3. The van der Waals surface area contributed by atoms with Gasteiger partial charge in [-0.1, -0.05) is 18.2 Å². The molecule has 0 spiro atoms. The lowest BCUT2D eigenvalue weighted by atomic mass is 9.75. The van der Waals surface area contributed by atoms with Crippen LogP contribution >= 0.6 is 0 Å². The average molecular weight is 576 g/mol. The number of benzene rings is 2. The number of ether oxygens (including phenoxy) is 1. The lowest BCUT2D eigenvalue weighted by molar-refractivity contribution is -0.158. The minimum atomic E-state index is -2.99. The highest BCUT2D eigenvalue weighted by atomic mass is 19.3. The van der Waals surface area contributed by atoms with Crippen molar-refractivity contribution in [2.75, 3.05) is 36.5 Å². The van der Waals surface area contributed by atoms with Crippen molar-refractivity contribution >= 4 is 29.3 Å². The maximum atomic E-state index is 14.9. The number of urea groups is 1. The molecule has 2 aromatic rings. The molecule has 220 valence electrons. The molecule has 11 heteroatoms. The minimum absolute atomic E-state index is 0.0902. The summed E-state index contributed by atoms with van der Waals surface area (Å²) in [5.74, 6) is -5.44.